The number of para-hydroxylation sites is 1. The van der Waals surface area contributed by atoms with Gasteiger partial charge in [0, 0.05) is 0 Å². The molecule has 1 spiro atoms. The zero-order valence-electron chi connectivity index (χ0n) is 17.6. The van der Waals surface area contributed by atoms with Crippen molar-refractivity contribution in [1.29, 1.82) is 0 Å². The van der Waals surface area contributed by atoms with E-state index in [0.717, 1.165) is 29.7 Å². The highest BCUT2D eigenvalue weighted by Crippen LogP contribution is 2.57. The zero-order chi connectivity index (χ0) is 21.6. The molecule has 31 heavy (non-hydrogen) atoms. The van der Waals surface area contributed by atoms with E-state index < -0.39 is 18.2 Å². The number of methoxy groups -OCH3 is 1. The lowest BCUT2D eigenvalue weighted by atomic mass is 9.76. The average molecular weight is 418 g/mol. The van der Waals surface area contributed by atoms with Crippen LogP contribution in [-0.2, 0) is 5.41 Å². The predicted molar refractivity (Wildman–Crippen MR) is 118 cm³/mol. The van der Waals surface area contributed by atoms with E-state index in [1.165, 1.54) is 5.56 Å². The number of nitrogens with zero attached hydrogens (tertiary/aromatic N) is 2. The van der Waals surface area contributed by atoms with Gasteiger partial charge in [0.25, 0.3) is 0 Å². The number of carbonyl (C=O) groups excluding carboxylic acids is 1. The van der Waals surface area contributed by atoms with Gasteiger partial charge in [-0.1, -0.05) is 42.5 Å². The molecule has 2 aliphatic carbocycles. The van der Waals surface area contributed by atoms with E-state index in [-0.39, 0.29) is 5.41 Å². The average Bonchev–Trinajstić information content (AvgIpc) is 3.49. The topological polar surface area (TPSA) is 88.4 Å². The van der Waals surface area contributed by atoms with Gasteiger partial charge in [-0.25, -0.2) is 9.48 Å². The van der Waals surface area contributed by atoms with Gasteiger partial charge >= 0.3 is 6.03 Å². The second-order valence-electron chi connectivity index (χ2n) is 8.45. The zero-order valence-corrected chi connectivity index (χ0v) is 17.6. The van der Waals surface area contributed by atoms with Gasteiger partial charge in [0.1, 0.15) is 5.82 Å². The van der Waals surface area contributed by atoms with Crippen LogP contribution in [0.4, 0.5) is 10.6 Å². The Morgan fingerprint density at radius 2 is 1.87 bits per heavy atom. The van der Waals surface area contributed by atoms with E-state index in [0.29, 0.717) is 18.1 Å². The molecule has 2 amide bonds. The molecule has 3 N–H and O–H groups in total. The van der Waals surface area contributed by atoms with Gasteiger partial charge in [-0.05, 0) is 54.9 Å². The van der Waals surface area contributed by atoms with Crippen LogP contribution in [0.2, 0.25) is 0 Å². The third kappa shape index (κ3) is 3.35. The lowest BCUT2D eigenvalue weighted by Gasteiger charge is -2.36. The number of hydrogen-bond acceptors (Lipinski definition) is 4. The maximum Gasteiger partial charge on any atom is 0.320 e. The summed E-state index contributed by atoms with van der Waals surface area (Å²) < 4.78 is 7.02. The summed E-state index contributed by atoms with van der Waals surface area (Å²) in [4.78, 5) is 13.0. The molecular weight excluding hydrogens is 392 g/mol. The maximum absolute atomic E-state index is 13.0. The van der Waals surface area contributed by atoms with E-state index >= 15 is 0 Å². The first kappa shape index (κ1) is 19.6. The predicted octanol–water partition coefficient (Wildman–Crippen LogP) is 3.85. The molecule has 2 atom stereocenters. The van der Waals surface area contributed by atoms with Crippen molar-refractivity contribution in [3.05, 3.63) is 71.3 Å². The van der Waals surface area contributed by atoms with Crippen LogP contribution < -0.4 is 15.4 Å². The third-order valence-corrected chi connectivity index (χ3v) is 6.50. The monoisotopic (exact) mass is 418 g/mol. The third-order valence-electron chi connectivity index (χ3n) is 6.50. The lowest BCUT2D eigenvalue weighted by Crippen LogP contribution is -2.44. The molecule has 0 saturated heterocycles. The molecule has 7 nitrogen and oxygen atoms in total. The molecular formula is C24H26N4O3. The first-order valence-corrected chi connectivity index (χ1v) is 10.6. The normalized spacial score (nSPS) is 20.7. The molecule has 1 aromatic heterocycles. The summed E-state index contributed by atoms with van der Waals surface area (Å²) in [5.41, 5.74) is 3.86. The molecule has 0 bridgehead atoms. The lowest BCUT2D eigenvalue weighted by molar-refractivity contribution is 0.100. The fourth-order valence-electron chi connectivity index (χ4n) is 4.74. The molecule has 1 fully saturated rings. The Labute approximate surface area is 181 Å². The summed E-state index contributed by atoms with van der Waals surface area (Å²) in [5.74, 6) is 0.968. The molecule has 1 heterocycles. The van der Waals surface area contributed by atoms with Crippen LogP contribution in [0.1, 0.15) is 42.0 Å². The fourth-order valence-corrected chi connectivity index (χ4v) is 4.74. The van der Waals surface area contributed by atoms with Crippen molar-refractivity contribution in [2.75, 3.05) is 12.4 Å². The number of aliphatic hydroxyl groups is 1. The molecule has 0 radical (unpaired) electrons. The molecule has 2 aliphatic rings. The Bertz CT molecular complexity index is 1120. The minimum Gasteiger partial charge on any atom is -0.480 e. The Balaban J connectivity index is 1.42. The summed E-state index contributed by atoms with van der Waals surface area (Å²) in [6.45, 7) is 1.85. The summed E-state index contributed by atoms with van der Waals surface area (Å²) in [5, 5.41) is 21.3. The molecule has 7 heteroatoms. The summed E-state index contributed by atoms with van der Waals surface area (Å²) in [7, 11) is 1.55. The van der Waals surface area contributed by atoms with E-state index in [2.05, 4.69) is 21.8 Å². The highest BCUT2D eigenvalue weighted by molar-refractivity contribution is 5.90. The van der Waals surface area contributed by atoms with Crippen molar-refractivity contribution >= 4 is 11.8 Å². The maximum atomic E-state index is 13.0. The number of rotatable bonds is 4. The van der Waals surface area contributed by atoms with Crippen LogP contribution in [0, 0.1) is 6.92 Å². The van der Waals surface area contributed by atoms with Crippen LogP contribution in [-0.4, -0.2) is 34.1 Å². The molecule has 3 aromatic rings. The second-order valence-corrected chi connectivity index (χ2v) is 8.45. The van der Waals surface area contributed by atoms with Crippen molar-refractivity contribution in [3.8, 4) is 11.6 Å². The number of benzene rings is 2. The number of urea groups is 1. The van der Waals surface area contributed by atoms with Crippen molar-refractivity contribution in [3.63, 3.8) is 0 Å². The van der Waals surface area contributed by atoms with Gasteiger partial charge in [-0.15, -0.1) is 5.10 Å². The number of fused-ring (bicyclic) bond motifs is 2. The summed E-state index contributed by atoms with van der Waals surface area (Å²) in [6, 6.07) is 16.8. The van der Waals surface area contributed by atoms with E-state index in [9.17, 15) is 9.90 Å². The van der Waals surface area contributed by atoms with Crippen LogP contribution in [0.25, 0.3) is 5.69 Å². The Morgan fingerprint density at radius 3 is 2.58 bits per heavy atom. The molecule has 160 valence electrons. The highest BCUT2D eigenvalue weighted by Gasteiger charge is 2.52. The number of aliphatic hydroxyl groups excluding tert-OH is 1. The fraction of sp³-hybridized carbons (Fsp3) is 0.333. The Morgan fingerprint density at radius 1 is 1.16 bits per heavy atom. The Hall–Kier alpha value is -3.32. The standard InChI is InChI=1S/C24H26N4O3/c1-15-21(28(27-22(15)31-2)16-8-4-3-5-9-16)26-23(30)25-20-17-10-6-7-11-18(17)24(12-13-24)14-19(20)29/h3-11,19-20,29H,12-14H2,1-2H3,(H2,25,26,30)/t19-,20?/m1/s1. The number of amides is 2. The van der Waals surface area contributed by atoms with Gasteiger partial charge in [0.05, 0.1) is 30.5 Å². The number of hydrogen-bond donors (Lipinski definition) is 3. The van der Waals surface area contributed by atoms with E-state index in [1.807, 2.05) is 55.5 Å². The first-order chi connectivity index (χ1) is 15.0. The highest BCUT2D eigenvalue weighted by atomic mass is 16.5. The largest absolute Gasteiger partial charge is 0.480 e. The minimum absolute atomic E-state index is 0.0839. The molecule has 1 unspecified atom stereocenters. The van der Waals surface area contributed by atoms with Crippen LogP contribution in [0.3, 0.4) is 0 Å². The summed E-state index contributed by atoms with van der Waals surface area (Å²) in [6.07, 6.45) is 2.23. The van der Waals surface area contributed by atoms with Crippen LogP contribution in [0.15, 0.2) is 54.6 Å². The molecule has 1 saturated carbocycles. The number of carbonyl (C=O) groups is 1. The van der Waals surface area contributed by atoms with Gasteiger partial charge in [0.15, 0.2) is 0 Å². The van der Waals surface area contributed by atoms with Crippen molar-refractivity contribution in [2.24, 2.45) is 0 Å². The molecule has 0 aliphatic heterocycles. The SMILES string of the molecule is COc1nn(-c2ccccc2)c(NC(=O)NC2c3ccccc3C3(CC3)C[C@H]2O)c1C. The first-order valence-electron chi connectivity index (χ1n) is 10.6. The number of ether oxygens (including phenoxy) is 1. The van der Waals surface area contributed by atoms with Gasteiger partial charge < -0.3 is 15.2 Å². The van der Waals surface area contributed by atoms with E-state index in [4.69, 9.17) is 4.74 Å². The van der Waals surface area contributed by atoms with Crippen molar-refractivity contribution in [1.82, 2.24) is 15.1 Å². The van der Waals surface area contributed by atoms with Gasteiger partial charge in [-0.2, -0.15) is 0 Å². The number of nitrogens with one attached hydrogen (secondary N) is 2. The van der Waals surface area contributed by atoms with E-state index in [1.54, 1.807) is 11.8 Å². The minimum atomic E-state index is -0.627. The smallest absolute Gasteiger partial charge is 0.320 e. The van der Waals surface area contributed by atoms with Gasteiger partial charge in [-0.3, -0.25) is 5.32 Å². The number of aromatic nitrogens is 2. The van der Waals surface area contributed by atoms with Crippen molar-refractivity contribution in [2.45, 2.75) is 43.7 Å². The van der Waals surface area contributed by atoms with Crippen LogP contribution in [0.5, 0.6) is 5.88 Å². The van der Waals surface area contributed by atoms with Gasteiger partial charge in [0.2, 0.25) is 5.88 Å². The molecule has 5 rings (SSSR count). The summed E-state index contributed by atoms with van der Waals surface area (Å²) >= 11 is 0. The molecule has 2 aromatic carbocycles. The quantitative estimate of drug-likeness (QED) is 0.601. The van der Waals surface area contributed by atoms with Crippen molar-refractivity contribution < 1.29 is 14.6 Å². The Kier molecular flexibility index (Phi) is 4.70. The number of anilines is 1. The van der Waals surface area contributed by atoms with Crippen LogP contribution >= 0.6 is 0 Å². The second kappa shape index (κ2) is 7.42.